The van der Waals surface area contributed by atoms with Gasteiger partial charge in [0.2, 0.25) is 0 Å². The molecule has 2 N–H and O–H groups in total. The summed E-state index contributed by atoms with van der Waals surface area (Å²) in [5.41, 5.74) is 2.78. The molecule has 96 valence electrons. The highest BCUT2D eigenvalue weighted by atomic mass is 127. The Hall–Kier alpha value is -0.130. The maximum Gasteiger partial charge on any atom is 0.0216 e. The molecule has 0 bridgehead atoms. The Morgan fingerprint density at radius 3 is 2.65 bits per heavy atom. The first-order valence-electron chi connectivity index (χ1n) is 6.41. The van der Waals surface area contributed by atoms with Crippen LogP contribution in [0.3, 0.4) is 0 Å². The third kappa shape index (κ3) is 5.84. The summed E-state index contributed by atoms with van der Waals surface area (Å²) < 4.78 is 1.39. The van der Waals surface area contributed by atoms with Gasteiger partial charge in [0.25, 0.3) is 0 Å². The molecular formula is C14H23IN2. The molecule has 0 spiro atoms. The average molecular weight is 346 g/mol. The van der Waals surface area contributed by atoms with E-state index in [1.54, 1.807) is 0 Å². The van der Waals surface area contributed by atoms with Crippen molar-refractivity contribution in [3.63, 3.8) is 0 Å². The number of nitrogens with one attached hydrogen (secondary N) is 2. The van der Waals surface area contributed by atoms with Crippen molar-refractivity contribution in [2.75, 3.05) is 19.6 Å². The van der Waals surface area contributed by atoms with E-state index in [0.29, 0.717) is 0 Å². The third-order valence-electron chi connectivity index (χ3n) is 2.72. The highest BCUT2D eigenvalue weighted by Crippen LogP contribution is 2.16. The molecule has 0 aromatic heterocycles. The Morgan fingerprint density at radius 2 is 1.88 bits per heavy atom. The molecule has 0 saturated heterocycles. The minimum absolute atomic E-state index is 0.980. The Labute approximate surface area is 119 Å². The van der Waals surface area contributed by atoms with Crippen LogP contribution in [0.5, 0.6) is 0 Å². The molecule has 0 aliphatic rings. The van der Waals surface area contributed by atoms with E-state index >= 15 is 0 Å². The summed E-state index contributed by atoms with van der Waals surface area (Å²) in [4.78, 5) is 0. The number of halogens is 1. The lowest BCUT2D eigenvalue weighted by molar-refractivity contribution is 0.591. The van der Waals surface area contributed by atoms with Crippen molar-refractivity contribution >= 4 is 22.6 Å². The molecule has 0 aliphatic carbocycles. The van der Waals surface area contributed by atoms with Crippen LogP contribution in [0, 0.1) is 10.5 Å². The maximum absolute atomic E-state index is 3.50. The minimum atomic E-state index is 0.980. The van der Waals surface area contributed by atoms with Crippen LogP contribution in [0.25, 0.3) is 0 Å². The van der Waals surface area contributed by atoms with Crippen LogP contribution in [0.1, 0.15) is 30.9 Å². The normalized spacial score (nSPS) is 10.8. The standard InChI is InChI=1S/C14H23IN2/c1-3-8-16-9-5-10-17-11-13-7-4-6-12(2)14(13)15/h4,6-7,16-17H,3,5,8-11H2,1-2H3. The van der Waals surface area contributed by atoms with Gasteiger partial charge < -0.3 is 10.6 Å². The molecule has 0 atom stereocenters. The summed E-state index contributed by atoms with van der Waals surface area (Å²) in [7, 11) is 0. The monoisotopic (exact) mass is 346 g/mol. The zero-order chi connectivity index (χ0) is 12.5. The first-order valence-corrected chi connectivity index (χ1v) is 7.49. The van der Waals surface area contributed by atoms with E-state index in [-0.39, 0.29) is 0 Å². The van der Waals surface area contributed by atoms with Gasteiger partial charge in [-0.25, -0.2) is 0 Å². The van der Waals surface area contributed by atoms with Crippen molar-refractivity contribution in [1.82, 2.24) is 10.6 Å². The van der Waals surface area contributed by atoms with Crippen LogP contribution < -0.4 is 10.6 Å². The highest BCUT2D eigenvalue weighted by Gasteiger charge is 2.00. The van der Waals surface area contributed by atoms with E-state index in [1.165, 1.54) is 27.5 Å². The number of benzene rings is 1. The molecule has 0 unspecified atom stereocenters. The number of rotatable bonds is 8. The molecule has 3 heteroatoms. The Balaban J connectivity index is 2.16. The van der Waals surface area contributed by atoms with E-state index < -0.39 is 0 Å². The van der Waals surface area contributed by atoms with Crippen LogP contribution in [-0.2, 0) is 6.54 Å². The van der Waals surface area contributed by atoms with Gasteiger partial charge >= 0.3 is 0 Å². The number of aryl methyl sites for hydroxylation is 1. The van der Waals surface area contributed by atoms with Crippen LogP contribution in [-0.4, -0.2) is 19.6 Å². The molecule has 0 aliphatic heterocycles. The predicted octanol–water partition coefficient (Wildman–Crippen LogP) is 3.08. The lowest BCUT2D eigenvalue weighted by Crippen LogP contribution is -2.22. The summed E-state index contributed by atoms with van der Waals surface area (Å²) in [5, 5.41) is 6.91. The smallest absolute Gasteiger partial charge is 0.0216 e. The fourth-order valence-electron chi connectivity index (χ4n) is 1.71. The molecule has 0 radical (unpaired) electrons. The van der Waals surface area contributed by atoms with Crippen molar-refractivity contribution in [3.8, 4) is 0 Å². The van der Waals surface area contributed by atoms with Crippen LogP contribution >= 0.6 is 22.6 Å². The second kappa shape index (κ2) is 8.89. The summed E-state index contributed by atoms with van der Waals surface area (Å²) in [6.45, 7) is 8.68. The van der Waals surface area contributed by atoms with Crippen molar-refractivity contribution < 1.29 is 0 Å². The molecule has 2 nitrogen and oxygen atoms in total. The topological polar surface area (TPSA) is 24.1 Å². The second-order valence-electron chi connectivity index (χ2n) is 4.33. The van der Waals surface area contributed by atoms with Crippen molar-refractivity contribution in [1.29, 1.82) is 0 Å². The largest absolute Gasteiger partial charge is 0.317 e. The van der Waals surface area contributed by atoms with E-state index in [1.807, 2.05) is 0 Å². The maximum atomic E-state index is 3.50. The van der Waals surface area contributed by atoms with E-state index in [2.05, 4.69) is 65.3 Å². The molecule has 0 heterocycles. The summed E-state index contributed by atoms with van der Waals surface area (Å²) in [5.74, 6) is 0. The van der Waals surface area contributed by atoms with E-state index in [9.17, 15) is 0 Å². The van der Waals surface area contributed by atoms with Crippen LogP contribution in [0.4, 0.5) is 0 Å². The van der Waals surface area contributed by atoms with E-state index in [4.69, 9.17) is 0 Å². The van der Waals surface area contributed by atoms with Gasteiger partial charge in [0.05, 0.1) is 0 Å². The molecule has 0 fully saturated rings. The van der Waals surface area contributed by atoms with Crippen LogP contribution in [0.15, 0.2) is 18.2 Å². The van der Waals surface area contributed by atoms with Crippen molar-refractivity contribution in [2.24, 2.45) is 0 Å². The predicted molar refractivity (Wildman–Crippen MR) is 83.4 cm³/mol. The van der Waals surface area contributed by atoms with Crippen LogP contribution in [0.2, 0.25) is 0 Å². The SMILES string of the molecule is CCCNCCCNCc1cccc(C)c1I. The van der Waals surface area contributed by atoms with Crippen molar-refractivity contribution in [3.05, 3.63) is 32.9 Å². The average Bonchev–Trinajstić information content (AvgIpc) is 2.33. The summed E-state index contributed by atoms with van der Waals surface area (Å²) in [6.07, 6.45) is 2.41. The lowest BCUT2D eigenvalue weighted by atomic mass is 10.1. The highest BCUT2D eigenvalue weighted by molar-refractivity contribution is 14.1. The second-order valence-corrected chi connectivity index (χ2v) is 5.41. The molecule has 0 amide bonds. The van der Waals surface area contributed by atoms with Crippen molar-refractivity contribution in [2.45, 2.75) is 33.2 Å². The zero-order valence-corrected chi connectivity index (χ0v) is 13.0. The molecule has 0 saturated carbocycles. The van der Waals surface area contributed by atoms with Gasteiger partial charge in [-0.1, -0.05) is 25.1 Å². The lowest BCUT2D eigenvalue weighted by Gasteiger charge is -2.09. The fourth-order valence-corrected chi connectivity index (χ4v) is 2.26. The van der Waals surface area contributed by atoms with E-state index in [0.717, 1.165) is 26.2 Å². The Kier molecular flexibility index (Phi) is 7.81. The Bertz CT molecular complexity index is 326. The third-order valence-corrected chi connectivity index (χ3v) is 4.26. The quantitative estimate of drug-likeness (QED) is 0.558. The molecular weight excluding hydrogens is 323 g/mol. The summed E-state index contributed by atoms with van der Waals surface area (Å²) in [6, 6.07) is 6.51. The molecule has 1 rings (SSSR count). The van der Waals surface area contributed by atoms with Gasteiger partial charge in [-0.3, -0.25) is 0 Å². The molecule has 1 aromatic carbocycles. The van der Waals surface area contributed by atoms with Gasteiger partial charge in [0.1, 0.15) is 0 Å². The van der Waals surface area contributed by atoms with Gasteiger partial charge in [-0.2, -0.15) is 0 Å². The summed E-state index contributed by atoms with van der Waals surface area (Å²) >= 11 is 2.43. The number of hydrogen-bond acceptors (Lipinski definition) is 2. The zero-order valence-electron chi connectivity index (χ0n) is 10.9. The first-order chi connectivity index (χ1) is 8.25. The number of hydrogen-bond donors (Lipinski definition) is 2. The van der Waals surface area contributed by atoms with Gasteiger partial charge in [-0.05, 0) is 73.1 Å². The van der Waals surface area contributed by atoms with Gasteiger partial charge in [-0.15, -0.1) is 0 Å². The first kappa shape index (κ1) is 14.9. The Morgan fingerprint density at radius 1 is 1.12 bits per heavy atom. The fraction of sp³-hybridized carbons (Fsp3) is 0.571. The van der Waals surface area contributed by atoms with Gasteiger partial charge in [0.15, 0.2) is 0 Å². The molecule has 17 heavy (non-hydrogen) atoms. The molecule has 1 aromatic rings. The van der Waals surface area contributed by atoms with Gasteiger partial charge in [0, 0.05) is 10.1 Å². The minimum Gasteiger partial charge on any atom is -0.317 e.